The fourth-order valence-electron chi connectivity index (χ4n) is 1.77. The van der Waals surface area contributed by atoms with Crippen LogP contribution in [0, 0.1) is 5.92 Å². The molecule has 1 aliphatic rings. The van der Waals surface area contributed by atoms with Crippen LogP contribution in [0.1, 0.15) is 6.42 Å². The van der Waals surface area contributed by atoms with Crippen LogP contribution in [0.15, 0.2) is 0 Å². The van der Waals surface area contributed by atoms with Crippen molar-refractivity contribution >= 4 is 0 Å². The van der Waals surface area contributed by atoms with Gasteiger partial charge in [-0.15, -0.1) is 0 Å². The molecule has 1 N–H and O–H groups in total. The van der Waals surface area contributed by atoms with Crippen molar-refractivity contribution in [2.45, 2.75) is 12.5 Å². The molecule has 0 amide bonds. The van der Waals surface area contributed by atoms with E-state index in [9.17, 15) is 0 Å². The monoisotopic (exact) mass is 159 g/mol. The molecule has 1 heterocycles. The molecule has 1 saturated heterocycles. The molecule has 1 fully saturated rings. The van der Waals surface area contributed by atoms with Crippen molar-refractivity contribution in [2.75, 3.05) is 33.9 Å². The molecule has 0 spiro atoms. The van der Waals surface area contributed by atoms with Crippen LogP contribution in [0.2, 0.25) is 0 Å². The molecule has 3 nitrogen and oxygen atoms in total. The summed E-state index contributed by atoms with van der Waals surface area (Å²) in [6.07, 6.45) is 1.07. The van der Waals surface area contributed by atoms with E-state index in [0.29, 0.717) is 12.0 Å². The Labute approximate surface area is 68.0 Å². The van der Waals surface area contributed by atoms with E-state index in [1.54, 1.807) is 7.11 Å². The summed E-state index contributed by atoms with van der Waals surface area (Å²) >= 11 is 0. The molecule has 0 bridgehead atoms. The highest BCUT2D eigenvalue weighted by atomic mass is 16.5. The maximum Gasteiger partial charge on any atom is 0.0586 e. The van der Waals surface area contributed by atoms with Crippen molar-refractivity contribution < 1.29 is 9.84 Å². The Bertz CT molecular complexity index is 119. The number of hydrogen-bond acceptors (Lipinski definition) is 3. The highest BCUT2D eigenvalue weighted by Crippen LogP contribution is 2.20. The van der Waals surface area contributed by atoms with Gasteiger partial charge in [-0.25, -0.2) is 0 Å². The van der Waals surface area contributed by atoms with Crippen LogP contribution in [-0.4, -0.2) is 50.0 Å². The quantitative estimate of drug-likeness (QED) is 0.626. The molecule has 0 aliphatic carbocycles. The smallest absolute Gasteiger partial charge is 0.0586 e. The molecule has 2 atom stereocenters. The number of methoxy groups -OCH3 is 1. The fourth-order valence-corrected chi connectivity index (χ4v) is 1.77. The Balaban J connectivity index is 2.30. The Morgan fingerprint density at radius 1 is 1.64 bits per heavy atom. The zero-order chi connectivity index (χ0) is 8.27. The lowest BCUT2D eigenvalue weighted by molar-refractivity contribution is 0.155. The van der Waals surface area contributed by atoms with Gasteiger partial charge < -0.3 is 14.7 Å². The van der Waals surface area contributed by atoms with Crippen molar-refractivity contribution in [3.05, 3.63) is 0 Å². The van der Waals surface area contributed by atoms with E-state index in [0.717, 1.165) is 19.6 Å². The van der Waals surface area contributed by atoms with Crippen molar-refractivity contribution in [1.29, 1.82) is 0 Å². The summed E-state index contributed by atoms with van der Waals surface area (Å²) in [5.74, 6) is 0.613. The largest absolute Gasteiger partial charge is 0.395 e. The minimum Gasteiger partial charge on any atom is -0.395 e. The van der Waals surface area contributed by atoms with Gasteiger partial charge in [-0.05, 0) is 19.4 Å². The summed E-state index contributed by atoms with van der Waals surface area (Å²) in [5, 5.41) is 8.94. The molecule has 0 aromatic carbocycles. The summed E-state index contributed by atoms with van der Waals surface area (Å²) in [5.41, 5.74) is 0. The Hall–Kier alpha value is -0.120. The van der Waals surface area contributed by atoms with Crippen LogP contribution >= 0.6 is 0 Å². The lowest BCUT2D eigenvalue weighted by atomic mass is 10.1. The maximum absolute atomic E-state index is 8.94. The zero-order valence-electron chi connectivity index (χ0n) is 7.29. The fraction of sp³-hybridized carbons (Fsp3) is 1.00. The predicted octanol–water partition coefficient (Wildman–Crippen LogP) is -0.0546. The van der Waals surface area contributed by atoms with Gasteiger partial charge in [0.15, 0.2) is 0 Å². The molecule has 0 aromatic rings. The SMILES string of the molecule is COC[C@H]1CC(CO)N(C)C1. The number of nitrogens with zero attached hydrogens (tertiary/aromatic N) is 1. The predicted molar refractivity (Wildman–Crippen MR) is 43.5 cm³/mol. The Morgan fingerprint density at radius 3 is 2.82 bits per heavy atom. The number of likely N-dealkylation sites (tertiary alicyclic amines) is 1. The van der Waals surface area contributed by atoms with Gasteiger partial charge in [0.05, 0.1) is 13.2 Å². The van der Waals surface area contributed by atoms with Gasteiger partial charge in [-0.2, -0.15) is 0 Å². The lowest BCUT2D eigenvalue weighted by Gasteiger charge is -2.15. The van der Waals surface area contributed by atoms with Crippen LogP contribution in [-0.2, 0) is 4.74 Å². The van der Waals surface area contributed by atoms with E-state index >= 15 is 0 Å². The molecule has 0 aromatic heterocycles. The zero-order valence-corrected chi connectivity index (χ0v) is 7.29. The average Bonchev–Trinajstić information content (AvgIpc) is 2.32. The minimum absolute atomic E-state index is 0.275. The summed E-state index contributed by atoms with van der Waals surface area (Å²) in [7, 11) is 3.78. The summed E-state index contributed by atoms with van der Waals surface area (Å²) in [6, 6.07) is 0.357. The third-order valence-corrected chi connectivity index (χ3v) is 2.39. The molecule has 1 rings (SSSR count). The van der Waals surface area contributed by atoms with Crippen LogP contribution in [0.25, 0.3) is 0 Å². The average molecular weight is 159 g/mol. The first-order valence-electron chi connectivity index (χ1n) is 4.08. The highest BCUT2D eigenvalue weighted by Gasteiger charge is 2.28. The van der Waals surface area contributed by atoms with Crippen LogP contribution in [0.3, 0.4) is 0 Å². The van der Waals surface area contributed by atoms with Crippen LogP contribution in [0.5, 0.6) is 0 Å². The van der Waals surface area contributed by atoms with Crippen molar-refractivity contribution in [1.82, 2.24) is 4.90 Å². The van der Waals surface area contributed by atoms with Gasteiger partial charge in [0.1, 0.15) is 0 Å². The van der Waals surface area contributed by atoms with E-state index in [2.05, 4.69) is 11.9 Å². The number of hydrogen-bond donors (Lipinski definition) is 1. The number of likely N-dealkylation sites (N-methyl/N-ethyl adjacent to an activating group) is 1. The number of ether oxygens (including phenoxy) is 1. The maximum atomic E-state index is 8.94. The number of rotatable bonds is 3. The highest BCUT2D eigenvalue weighted by molar-refractivity contribution is 4.82. The van der Waals surface area contributed by atoms with Crippen LogP contribution < -0.4 is 0 Å². The molecule has 11 heavy (non-hydrogen) atoms. The topological polar surface area (TPSA) is 32.7 Å². The third-order valence-electron chi connectivity index (χ3n) is 2.39. The summed E-state index contributed by atoms with van der Waals surface area (Å²) < 4.78 is 5.06. The molecule has 1 aliphatic heterocycles. The standard InChI is InChI=1S/C8H17NO2/c1-9-4-7(6-11-2)3-8(9)5-10/h7-8,10H,3-6H2,1-2H3/t7-,8?/m0/s1. The molecule has 3 heteroatoms. The van der Waals surface area contributed by atoms with Gasteiger partial charge in [0.25, 0.3) is 0 Å². The van der Waals surface area contributed by atoms with Gasteiger partial charge in [0, 0.05) is 19.7 Å². The molecule has 0 radical (unpaired) electrons. The molecular weight excluding hydrogens is 142 g/mol. The third kappa shape index (κ3) is 2.15. The number of aliphatic hydroxyl groups excluding tert-OH is 1. The summed E-state index contributed by atoms with van der Waals surface area (Å²) in [4.78, 5) is 2.20. The lowest BCUT2D eigenvalue weighted by Crippen LogP contribution is -2.27. The first-order chi connectivity index (χ1) is 5.27. The molecule has 1 unspecified atom stereocenters. The second-order valence-electron chi connectivity index (χ2n) is 3.33. The second-order valence-corrected chi connectivity index (χ2v) is 3.33. The molecule has 66 valence electrons. The van der Waals surface area contributed by atoms with Crippen molar-refractivity contribution in [3.8, 4) is 0 Å². The van der Waals surface area contributed by atoms with Crippen molar-refractivity contribution in [3.63, 3.8) is 0 Å². The molecule has 0 saturated carbocycles. The first-order valence-corrected chi connectivity index (χ1v) is 4.08. The van der Waals surface area contributed by atoms with E-state index < -0.39 is 0 Å². The minimum atomic E-state index is 0.275. The Kier molecular flexibility index (Phi) is 3.30. The van der Waals surface area contributed by atoms with E-state index in [4.69, 9.17) is 9.84 Å². The van der Waals surface area contributed by atoms with E-state index in [1.165, 1.54) is 0 Å². The van der Waals surface area contributed by atoms with Crippen molar-refractivity contribution in [2.24, 2.45) is 5.92 Å². The normalized spacial score (nSPS) is 33.0. The van der Waals surface area contributed by atoms with E-state index in [-0.39, 0.29) is 6.61 Å². The van der Waals surface area contributed by atoms with E-state index in [1.807, 2.05) is 0 Å². The second kappa shape index (κ2) is 4.04. The first kappa shape index (κ1) is 8.97. The summed E-state index contributed by atoms with van der Waals surface area (Å²) in [6.45, 7) is 2.15. The number of aliphatic hydroxyl groups is 1. The Morgan fingerprint density at radius 2 is 2.36 bits per heavy atom. The van der Waals surface area contributed by atoms with Gasteiger partial charge in [-0.3, -0.25) is 0 Å². The van der Waals surface area contributed by atoms with Crippen LogP contribution in [0.4, 0.5) is 0 Å². The van der Waals surface area contributed by atoms with Gasteiger partial charge in [-0.1, -0.05) is 0 Å². The molecular formula is C8H17NO2. The van der Waals surface area contributed by atoms with Gasteiger partial charge in [0.2, 0.25) is 0 Å². The van der Waals surface area contributed by atoms with Gasteiger partial charge >= 0.3 is 0 Å².